The Hall–Kier alpha value is -2.04. The molecule has 0 saturated carbocycles. The minimum atomic E-state index is -0.780. The van der Waals surface area contributed by atoms with Gasteiger partial charge >= 0.3 is 12.0 Å². The van der Waals surface area contributed by atoms with Crippen LogP contribution in [0.5, 0.6) is 0 Å². The van der Waals surface area contributed by atoms with Crippen LogP contribution in [0.15, 0.2) is 24.3 Å². The van der Waals surface area contributed by atoms with Gasteiger partial charge in [0.05, 0.1) is 5.41 Å². The molecule has 1 aliphatic heterocycles. The van der Waals surface area contributed by atoms with Crippen LogP contribution in [-0.4, -0.2) is 35.1 Å². The number of aryl methyl sites for hydroxylation is 1. The van der Waals surface area contributed by atoms with Gasteiger partial charge in [0.15, 0.2) is 0 Å². The number of urea groups is 1. The van der Waals surface area contributed by atoms with Crippen molar-refractivity contribution in [2.24, 2.45) is 5.41 Å². The van der Waals surface area contributed by atoms with Gasteiger partial charge in [-0.05, 0) is 43.9 Å². The van der Waals surface area contributed by atoms with Crippen molar-refractivity contribution in [3.05, 3.63) is 29.8 Å². The summed E-state index contributed by atoms with van der Waals surface area (Å²) in [5.41, 5.74) is 1.28. The zero-order chi connectivity index (χ0) is 15.5. The predicted octanol–water partition coefficient (Wildman–Crippen LogP) is 2.97. The molecule has 0 spiro atoms. The number of piperidine rings is 1. The molecule has 1 aromatic carbocycles. The lowest BCUT2D eigenvalue weighted by molar-refractivity contribution is -0.150. The number of carbonyl (C=O) groups is 2. The van der Waals surface area contributed by atoms with Crippen molar-refractivity contribution in [1.82, 2.24) is 4.90 Å². The highest BCUT2D eigenvalue weighted by Crippen LogP contribution is 2.31. The number of likely N-dealkylation sites (tertiary alicyclic amines) is 1. The average Bonchev–Trinajstić information content (AvgIpc) is 2.48. The predicted molar refractivity (Wildman–Crippen MR) is 81.4 cm³/mol. The highest BCUT2D eigenvalue weighted by molar-refractivity contribution is 5.89. The van der Waals surface area contributed by atoms with E-state index in [1.165, 1.54) is 5.56 Å². The number of benzene rings is 1. The Morgan fingerprint density at radius 2 is 1.81 bits per heavy atom. The number of hydrogen-bond acceptors (Lipinski definition) is 2. The van der Waals surface area contributed by atoms with Gasteiger partial charge in [-0.2, -0.15) is 0 Å². The van der Waals surface area contributed by atoms with E-state index in [9.17, 15) is 14.7 Å². The fraction of sp³-hybridized carbons (Fsp3) is 0.500. The van der Waals surface area contributed by atoms with E-state index in [1.807, 2.05) is 24.3 Å². The third-order valence-electron chi connectivity index (χ3n) is 4.28. The molecule has 2 rings (SSSR count). The van der Waals surface area contributed by atoms with Gasteiger partial charge in [0, 0.05) is 18.8 Å². The highest BCUT2D eigenvalue weighted by Gasteiger charge is 2.37. The molecule has 0 bridgehead atoms. The largest absolute Gasteiger partial charge is 0.481 e. The molecule has 5 nitrogen and oxygen atoms in total. The van der Waals surface area contributed by atoms with E-state index in [4.69, 9.17) is 0 Å². The third kappa shape index (κ3) is 3.54. The van der Waals surface area contributed by atoms with Crippen LogP contribution >= 0.6 is 0 Å². The number of nitrogens with zero attached hydrogens (tertiary/aromatic N) is 1. The van der Waals surface area contributed by atoms with Crippen molar-refractivity contribution in [3.8, 4) is 0 Å². The summed E-state index contributed by atoms with van der Waals surface area (Å²) in [6.07, 6.45) is 1.95. The lowest BCUT2D eigenvalue weighted by atomic mass is 9.80. The lowest BCUT2D eigenvalue weighted by Gasteiger charge is -2.36. The van der Waals surface area contributed by atoms with Crippen molar-refractivity contribution in [2.75, 3.05) is 18.4 Å². The number of anilines is 1. The Labute approximate surface area is 125 Å². The van der Waals surface area contributed by atoms with Crippen LogP contribution in [0.2, 0.25) is 0 Å². The van der Waals surface area contributed by atoms with Gasteiger partial charge in [-0.25, -0.2) is 4.79 Å². The van der Waals surface area contributed by atoms with E-state index < -0.39 is 11.4 Å². The topological polar surface area (TPSA) is 69.6 Å². The summed E-state index contributed by atoms with van der Waals surface area (Å²) in [5.74, 6) is -0.780. The molecule has 1 fully saturated rings. The molecule has 2 amide bonds. The van der Waals surface area contributed by atoms with Crippen molar-refractivity contribution in [1.29, 1.82) is 0 Å². The summed E-state index contributed by atoms with van der Waals surface area (Å²) < 4.78 is 0. The molecule has 0 aliphatic carbocycles. The van der Waals surface area contributed by atoms with E-state index >= 15 is 0 Å². The number of aliphatic carboxylic acids is 1. The maximum Gasteiger partial charge on any atom is 0.321 e. The number of amides is 2. The zero-order valence-electron chi connectivity index (χ0n) is 12.6. The standard InChI is InChI=1S/C16H22N2O3/c1-3-12-4-6-13(7-5-12)17-15(21)18-10-8-16(2,9-11-18)14(19)20/h4-7H,3,8-11H2,1-2H3,(H,17,21)(H,19,20). The van der Waals surface area contributed by atoms with Crippen LogP contribution in [-0.2, 0) is 11.2 Å². The monoisotopic (exact) mass is 290 g/mol. The first-order valence-corrected chi connectivity index (χ1v) is 7.33. The first-order chi connectivity index (χ1) is 9.94. The molecule has 114 valence electrons. The van der Waals surface area contributed by atoms with Gasteiger partial charge in [-0.3, -0.25) is 4.79 Å². The number of hydrogen-bond donors (Lipinski definition) is 2. The second-order valence-electron chi connectivity index (χ2n) is 5.83. The van der Waals surface area contributed by atoms with Crippen molar-refractivity contribution < 1.29 is 14.7 Å². The molecule has 1 aliphatic rings. The van der Waals surface area contributed by atoms with E-state index in [-0.39, 0.29) is 6.03 Å². The molecule has 1 saturated heterocycles. The van der Waals surface area contributed by atoms with Gasteiger partial charge in [-0.15, -0.1) is 0 Å². The van der Waals surface area contributed by atoms with Gasteiger partial charge in [-0.1, -0.05) is 19.1 Å². The molecule has 2 N–H and O–H groups in total. The number of carboxylic acid groups (broad SMARTS) is 1. The summed E-state index contributed by atoms with van der Waals surface area (Å²) in [4.78, 5) is 25.0. The van der Waals surface area contributed by atoms with Crippen LogP contribution in [0.1, 0.15) is 32.3 Å². The van der Waals surface area contributed by atoms with E-state index in [2.05, 4.69) is 12.2 Å². The van der Waals surface area contributed by atoms with Crippen LogP contribution in [0.4, 0.5) is 10.5 Å². The van der Waals surface area contributed by atoms with Gasteiger partial charge < -0.3 is 15.3 Å². The molecule has 1 aromatic rings. The Morgan fingerprint density at radius 3 is 2.29 bits per heavy atom. The average molecular weight is 290 g/mol. The van der Waals surface area contributed by atoms with Crippen LogP contribution in [0.3, 0.4) is 0 Å². The van der Waals surface area contributed by atoms with E-state index in [0.29, 0.717) is 25.9 Å². The normalized spacial score (nSPS) is 17.3. The zero-order valence-corrected chi connectivity index (χ0v) is 12.6. The van der Waals surface area contributed by atoms with Crippen LogP contribution < -0.4 is 5.32 Å². The Balaban J connectivity index is 1.91. The Bertz CT molecular complexity index is 517. The molecule has 0 aromatic heterocycles. The maximum atomic E-state index is 12.2. The first kappa shape index (κ1) is 15.4. The van der Waals surface area contributed by atoms with E-state index in [0.717, 1.165) is 12.1 Å². The Morgan fingerprint density at radius 1 is 1.24 bits per heavy atom. The summed E-state index contributed by atoms with van der Waals surface area (Å²) in [6.45, 7) is 4.78. The molecule has 0 atom stereocenters. The number of rotatable bonds is 3. The minimum absolute atomic E-state index is 0.160. The van der Waals surface area contributed by atoms with Gasteiger partial charge in [0.2, 0.25) is 0 Å². The second kappa shape index (κ2) is 6.16. The molecular formula is C16H22N2O3. The van der Waals surface area contributed by atoms with Crippen molar-refractivity contribution in [3.63, 3.8) is 0 Å². The second-order valence-corrected chi connectivity index (χ2v) is 5.83. The van der Waals surface area contributed by atoms with E-state index in [1.54, 1.807) is 11.8 Å². The lowest BCUT2D eigenvalue weighted by Crippen LogP contribution is -2.46. The minimum Gasteiger partial charge on any atom is -0.481 e. The number of carboxylic acids is 1. The van der Waals surface area contributed by atoms with Crippen LogP contribution in [0.25, 0.3) is 0 Å². The third-order valence-corrected chi connectivity index (χ3v) is 4.28. The smallest absolute Gasteiger partial charge is 0.321 e. The highest BCUT2D eigenvalue weighted by atomic mass is 16.4. The van der Waals surface area contributed by atoms with Crippen molar-refractivity contribution >= 4 is 17.7 Å². The molecule has 1 heterocycles. The van der Waals surface area contributed by atoms with Gasteiger partial charge in [0.1, 0.15) is 0 Å². The first-order valence-electron chi connectivity index (χ1n) is 7.33. The fourth-order valence-corrected chi connectivity index (χ4v) is 2.44. The molecule has 5 heteroatoms. The summed E-state index contributed by atoms with van der Waals surface area (Å²) in [6, 6.07) is 7.61. The molecule has 0 unspecified atom stereocenters. The SMILES string of the molecule is CCc1ccc(NC(=O)N2CCC(C)(C(=O)O)CC2)cc1. The number of carbonyl (C=O) groups excluding carboxylic acids is 1. The fourth-order valence-electron chi connectivity index (χ4n) is 2.44. The summed E-state index contributed by atoms with van der Waals surface area (Å²) in [5, 5.41) is 12.0. The molecular weight excluding hydrogens is 268 g/mol. The Kier molecular flexibility index (Phi) is 4.50. The summed E-state index contributed by atoms with van der Waals surface area (Å²) in [7, 11) is 0. The van der Waals surface area contributed by atoms with Crippen LogP contribution in [0, 0.1) is 5.41 Å². The summed E-state index contributed by atoms with van der Waals surface area (Å²) >= 11 is 0. The maximum absolute atomic E-state index is 12.2. The molecule has 0 radical (unpaired) electrons. The van der Waals surface area contributed by atoms with Crippen molar-refractivity contribution in [2.45, 2.75) is 33.1 Å². The molecule has 21 heavy (non-hydrogen) atoms. The number of nitrogens with one attached hydrogen (secondary N) is 1. The quantitative estimate of drug-likeness (QED) is 0.899. The van der Waals surface area contributed by atoms with Gasteiger partial charge in [0.25, 0.3) is 0 Å².